The molecule has 4 heteroatoms. The number of rotatable bonds is 6. The maximum absolute atomic E-state index is 13.1. The van der Waals surface area contributed by atoms with Gasteiger partial charge in [-0.25, -0.2) is 0 Å². The fraction of sp³-hybridized carbons (Fsp3) is 0.136. The van der Waals surface area contributed by atoms with Gasteiger partial charge in [-0.1, -0.05) is 41.9 Å². The van der Waals surface area contributed by atoms with E-state index in [1.807, 2.05) is 54.6 Å². The monoisotopic (exact) mass is 365 g/mol. The van der Waals surface area contributed by atoms with Crippen LogP contribution in [0.5, 0.6) is 5.75 Å². The lowest BCUT2D eigenvalue weighted by Crippen LogP contribution is -2.32. The van der Waals surface area contributed by atoms with Crippen molar-refractivity contribution in [2.24, 2.45) is 0 Å². The van der Waals surface area contributed by atoms with Crippen molar-refractivity contribution >= 4 is 23.2 Å². The molecule has 0 aliphatic carbocycles. The molecular weight excluding hydrogens is 346 g/mol. The Balaban J connectivity index is 1.83. The van der Waals surface area contributed by atoms with Crippen LogP contribution in [0.1, 0.15) is 15.9 Å². The molecule has 3 nitrogen and oxygen atoms in total. The highest BCUT2D eigenvalue weighted by atomic mass is 35.5. The lowest BCUT2D eigenvalue weighted by Gasteiger charge is -2.23. The molecule has 3 rings (SSSR count). The molecule has 0 unspecified atom stereocenters. The van der Waals surface area contributed by atoms with Crippen LogP contribution in [0.15, 0.2) is 78.9 Å². The topological polar surface area (TPSA) is 29.5 Å². The summed E-state index contributed by atoms with van der Waals surface area (Å²) >= 11 is 5.95. The SMILES string of the molecule is COc1cccc(CCN(C(=O)c2ccc(Cl)cc2)c2ccccc2)c1. The van der Waals surface area contributed by atoms with E-state index in [9.17, 15) is 4.79 Å². The van der Waals surface area contributed by atoms with Crippen LogP contribution in [-0.4, -0.2) is 19.6 Å². The molecule has 0 aliphatic rings. The summed E-state index contributed by atoms with van der Waals surface area (Å²) in [6.07, 6.45) is 0.728. The predicted molar refractivity (Wildman–Crippen MR) is 106 cm³/mol. The van der Waals surface area contributed by atoms with Gasteiger partial charge in [-0.05, 0) is 60.5 Å². The van der Waals surface area contributed by atoms with Crippen molar-refractivity contribution in [3.8, 4) is 5.75 Å². The highest BCUT2D eigenvalue weighted by Gasteiger charge is 2.17. The Hall–Kier alpha value is -2.78. The van der Waals surface area contributed by atoms with Gasteiger partial charge in [0.2, 0.25) is 0 Å². The largest absolute Gasteiger partial charge is 0.497 e. The number of benzene rings is 3. The van der Waals surface area contributed by atoms with Gasteiger partial charge in [-0.3, -0.25) is 4.79 Å². The van der Waals surface area contributed by atoms with Crippen LogP contribution in [-0.2, 0) is 6.42 Å². The number of hydrogen-bond donors (Lipinski definition) is 0. The van der Waals surface area contributed by atoms with Crippen LogP contribution in [0.3, 0.4) is 0 Å². The third kappa shape index (κ3) is 4.44. The standard InChI is InChI=1S/C22H20ClNO2/c1-26-21-9-5-6-17(16-21)14-15-24(20-7-3-2-4-8-20)22(25)18-10-12-19(23)13-11-18/h2-13,16H,14-15H2,1H3. The molecule has 3 aromatic rings. The van der Waals surface area contributed by atoms with Crippen LogP contribution in [0.2, 0.25) is 5.02 Å². The summed E-state index contributed by atoms with van der Waals surface area (Å²) in [4.78, 5) is 14.9. The van der Waals surface area contributed by atoms with E-state index in [1.165, 1.54) is 0 Å². The third-order valence-corrected chi connectivity index (χ3v) is 4.41. The second kappa shape index (κ2) is 8.54. The van der Waals surface area contributed by atoms with E-state index in [2.05, 4.69) is 0 Å². The first kappa shape index (κ1) is 18.0. The maximum atomic E-state index is 13.1. The number of para-hydroxylation sites is 1. The Labute approximate surface area is 158 Å². The zero-order chi connectivity index (χ0) is 18.4. The van der Waals surface area contributed by atoms with Crippen molar-refractivity contribution in [2.75, 3.05) is 18.6 Å². The number of hydrogen-bond acceptors (Lipinski definition) is 2. The summed E-state index contributed by atoms with van der Waals surface area (Å²) in [6, 6.07) is 24.6. The van der Waals surface area contributed by atoms with Gasteiger partial charge in [0.1, 0.15) is 5.75 Å². The summed E-state index contributed by atoms with van der Waals surface area (Å²) in [5, 5.41) is 0.615. The number of ether oxygens (including phenoxy) is 1. The van der Waals surface area contributed by atoms with Crippen LogP contribution >= 0.6 is 11.6 Å². The molecule has 0 spiro atoms. The highest BCUT2D eigenvalue weighted by molar-refractivity contribution is 6.30. The number of halogens is 1. The predicted octanol–water partition coefficient (Wildman–Crippen LogP) is 5.24. The fourth-order valence-corrected chi connectivity index (χ4v) is 2.90. The maximum Gasteiger partial charge on any atom is 0.258 e. The van der Waals surface area contributed by atoms with Gasteiger partial charge in [0.05, 0.1) is 7.11 Å². The van der Waals surface area contributed by atoms with Crippen LogP contribution in [0.25, 0.3) is 0 Å². The Morgan fingerprint density at radius 3 is 2.38 bits per heavy atom. The second-order valence-electron chi connectivity index (χ2n) is 5.90. The van der Waals surface area contributed by atoms with Crippen LogP contribution in [0.4, 0.5) is 5.69 Å². The molecule has 0 aromatic heterocycles. The molecular formula is C22H20ClNO2. The van der Waals surface area contributed by atoms with Gasteiger partial charge in [0.25, 0.3) is 5.91 Å². The molecule has 0 fully saturated rings. The summed E-state index contributed by atoms with van der Waals surface area (Å²) in [7, 11) is 1.65. The van der Waals surface area contributed by atoms with E-state index < -0.39 is 0 Å². The lowest BCUT2D eigenvalue weighted by molar-refractivity contribution is 0.0987. The molecule has 0 saturated heterocycles. The molecule has 0 heterocycles. The van der Waals surface area contributed by atoms with Crippen molar-refractivity contribution < 1.29 is 9.53 Å². The van der Waals surface area contributed by atoms with E-state index in [0.717, 1.165) is 23.4 Å². The number of carbonyl (C=O) groups is 1. The minimum absolute atomic E-state index is 0.0456. The van der Waals surface area contributed by atoms with Crippen LogP contribution < -0.4 is 9.64 Å². The Bertz CT molecular complexity index is 863. The zero-order valence-corrected chi connectivity index (χ0v) is 15.3. The van der Waals surface area contributed by atoms with E-state index in [-0.39, 0.29) is 5.91 Å². The van der Waals surface area contributed by atoms with Gasteiger partial charge in [-0.2, -0.15) is 0 Å². The molecule has 132 valence electrons. The molecule has 26 heavy (non-hydrogen) atoms. The minimum atomic E-state index is -0.0456. The van der Waals surface area contributed by atoms with Gasteiger partial charge in [0.15, 0.2) is 0 Å². The van der Waals surface area contributed by atoms with E-state index in [1.54, 1.807) is 36.3 Å². The first-order chi connectivity index (χ1) is 12.7. The van der Waals surface area contributed by atoms with Crippen LogP contribution in [0, 0.1) is 0 Å². The number of nitrogens with zero attached hydrogens (tertiary/aromatic N) is 1. The van der Waals surface area contributed by atoms with Crippen molar-refractivity contribution in [1.29, 1.82) is 0 Å². The van der Waals surface area contributed by atoms with Gasteiger partial charge in [0, 0.05) is 22.8 Å². The highest BCUT2D eigenvalue weighted by Crippen LogP contribution is 2.20. The van der Waals surface area contributed by atoms with Crippen molar-refractivity contribution in [3.05, 3.63) is 95.0 Å². The van der Waals surface area contributed by atoms with E-state index in [4.69, 9.17) is 16.3 Å². The molecule has 1 amide bonds. The molecule has 0 saturated carbocycles. The second-order valence-corrected chi connectivity index (χ2v) is 6.34. The van der Waals surface area contributed by atoms with Gasteiger partial charge in [-0.15, -0.1) is 0 Å². The molecule has 0 radical (unpaired) electrons. The van der Waals surface area contributed by atoms with Crippen molar-refractivity contribution in [2.45, 2.75) is 6.42 Å². The van der Waals surface area contributed by atoms with Crippen molar-refractivity contribution in [1.82, 2.24) is 0 Å². The summed E-state index contributed by atoms with van der Waals surface area (Å²) in [5.74, 6) is 0.772. The molecule has 0 aliphatic heterocycles. The quantitative estimate of drug-likeness (QED) is 0.598. The normalized spacial score (nSPS) is 10.4. The molecule has 0 atom stereocenters. The molecule has 0 N–H and O–H groups in total. The zero-order valence-electron chi connectivity index (χ0n) is 14.6. The Kier molecular flexibility index (Phi) is 5.92. The number of anilines is 1. The third-order valence-electron chi connectivity index (χ3n) is 4.16. The van der Waals surface area contributed by atoms with E-state index >= 15 is 0 Å². The first-order valence-corrected chi connectivity index (χ1v) is 8.80. The summed E-state index contributed by atoms with van der Waals surface area (Å²) < 4.78 is 5.28. The Morgan fingerprint density at radius 1 is 0.962 bits per heavy atom. The minimum Gasteiger partial charge on any atom is -0.497 e. The molecule has 3 aromatic carbocycles. The number of methoxy groups -OCH3 is 1. The average Bonchev–Trinajstić information content (AvgIpc) is 2.69. The molecule has 0 bridgehead atoms. The Morgan fingerprint density at radius 2 is 1.69 bits per heavy atom. The van der Waals surface area contributed by atoms with Crippen molar-refractivity contribution in [3.63, 3.8) is 0 Å². The summed E-state index contributed by atoms with van der Waals surface area (Å²) in [5.41, 5.74) is 2.61. The number of carbonyl (C=O) groups excluding carboxylic acids is 1. The average molecular weight is 366 g/mol. The number of amides is 1. The summed E-state index contributed by atoms with van der Waals surface area (Å²) in [6.45, 7) is 0.568. The van der Waals surface area contributed by atoms with E-state index in [0.29, 0.717) is 17.1 Å². The lowest BCUT2D eigenvalue weighted by atomic mass is 10.1. The van der Waals surface area contributed by atoms with Gasteiger partial charge < -0.3 is 9.64 Å². The smallest absolute Gasteiger partial charge is 0.258 e. The first-order valence-electron chi connectivity index (χ1n) is 8.43. The fourth-order valence-electron chi connectivity index (χ4n) is 2.77. The van der Waals surface area contributed by atoms with Gasteiger partial charge >= 0.3 is 0 Å².